The van der Waals surface area contributed by atoms with E-state index in [4.69, 9.17) is 11.6 Å². The molecule has 0 spiro atoms. The van der Waals surface area contributed by atoms with Crippen molar-refractivity contribution < 1.29 is 8.42 Å². The lowest BCUT2D eigenvalue weighted by molar-refractivity contribution is 0.597. The van der Waals surface area contributed by atoms with Crippen LogP contribution in [-0.2, 0) is 9.84 Å². The summed E-state index contributed by atoms with van der Waals surface area (Å²) in [4.78, 5) is 8.14. The molecule has 0 radical (unpaired) electrons. The van der Waals surface area contributed by atoms with Crippen molar-refractivity contribution in [1.29, 1.82) is 0 Å². The van der Waals surface area contributed by atoms with Gasteiger partial charge in [-0.1, -0.05) is 18.5 Å². The van der Waals surface area contributed by atoms with E-state index in [0.29, 0.717) is 23.3 Å². The van der Waals surface area contributed by atoms with Crippen LogP contribution in [-0.4, -0.2) is 43.0 Å². The predicted molar refractivity (Wildman–Crippen MR) is 74.0 cm³/mol. The maximum Gasteiger partial charge on any atom is 0.224 e. The molecule has 0 aliphatic carbocycles. The molecule has 8 heteroatoms. The molecule has 1 rings (SSSR count). The molecular weight excluding hydrogens is 276 g/mol. The van der Waals surface area contributed by atoms with Crippen molar-refractivity contribution in [3.63, 3.8) is 0 Å². The molecule has 0 saturated carbocycles. The zero-order chi connectivity index (χ0) is 13.6. The SMILES string of the molecule is CCNc1ncc(Cl)c(NCCS(=O)(=O)CC)n1. The van der Waals surface area contributed by atoms with Crippen LogP contribution in [0.4, 0.5) is 11.8 Å². The van der Waals surface area contributed by atoms with Gasteiger partial charge in [0.25, 0.3) is 0 Å². The Balaban J connectivity index is 2.64. The van der Waals surface area contributed by atoms with Gasteiger partial charge in [0.15, 0.2) is 15.7 Å². The predicted octanol–water partition coefficient (Wildman–Crippen LogP) is 1.41. The summed E-state index contributed by atoms with van der Waals surface area (Å²) in [6.07, 6.45) is 1.48. The number of anilines is 2. The molecule has 0 aromatic carbocycles. The second kappa shape index (κ2) is 6.75. The van der Waals surface area contributed by atoms with Crippen LogP contribution in [0.1, 0.15) is 13.8 Å². The van der Waals surface area contributed by atoms with Crippen molar-refractivity contribution in [2.24, 2.45) is 0 Å². The van der Waals surface area contributed by atoms with Gasteiger partial charge >= 0.3 is 0 Å². The van der Waals surface area contributed by atoms with E-state index < -0.39 is 9.84 Å². The number of halogens is 1. The third-order valence-electron chi connectivity index (χ3n) is 2.22. The van der Waals surface area contributed by atoms with Gasteiger partial charge in [-0.2, -0.15) is 4.98 Å². The fraction of sp³-hybridized carbons (Fsp3) is 0.600. The Morgan fingerprint density at radius 1 is 1.33 bits per heavy atom. The maximum absolute atomic E-state index is 11.3. The Bertz CT molecular complexity index is 493. The third kappa shape index (κ3) is 4.66. The summed E-state index contributed by atoms with van der Waals surface area (Å²) < 4.78 is 22.7. The van der Waals surface area contributed by atoms with Crippen LogP contribution < -0.4 is 10.6 Å². The van der Waals surface area contributed by atoms with Crippen molar-refractivity contribution >= 4 is 33.2 Å². The normalized spacial score (nSPS) is 11.3. The molecule has 18 heavy (non-hydrogen) atoms. The van der Waals surface area contributed by atoms with E-state index in [2.05, 4.69) is 20.6 Å². The molecular formula is C10H17ClN4O2S. The largest absolute Gasteiger partial charge is 0.368 e. The van der Waals surface area contributed by atoms with Crippen LogP contribution in [0.25, 0.3) is 0 Å². The summed E-state index contributed by atoms with van der Waals surface area (Å²) in [5.74, 6) is 1.09. The molecule has 2 N–H and O–H groups in total. The Hall–Kier alpha value is -1.08. The molecule has 0 bridgehead atoms. The smallest absolute Gasteiger partial charge is 0.224 e. The Morgan fingerprint density at radius 3 is 2.67 bits per heavy atom. The van der Waals surface area contributed by atoms with Crippen LogP contribution in [0.3, 0.4) is 0 Å². The second-order valence-corrected chi connectivity index (χ2v) is 6.46. The standard InChI is InChI=1S/C10H17ClN4O2S/c1-3-12-10-14-7-8(11)9(15-10)13-5-6-18(16,17)4-2/h7H,3-6H2,1-2H3,(H2,12,13,14,15). The zero-order valence-electron chi connectivity index (χ0n) is 10.4. The number of rotatable bonds is 7. The number of nitrogens with one attached hydrogen (secondary N) is 2. The van der Waals surface area contributed by atoms with E-state index >= 15 is 0 Å². The highest BCUT2D eigenvalue weighted by Crippen LogP contribution is 2.18. The minimum Gasteiger partial charge on any atom is -0.368 e. The average molecular weight is 293 g/mol. The lowest BCUT2D eigenvalue weighted by Gasteiger charge is -2.09. The highest BCUT2D eigenvalue weighted by Gasteiger charge is 2.09. The number of nitrogens with zero attached hydrogens (tertiary/aromatic N) is 2. The fourth-order valence-electron chi connectivity index (χ4n) is 1.20. The monoisotopic (exact) mass is 292 g/mol. The van der Waals surface area contributed by atoms with E-state index in [-0.39, 0.29) is 18.1 Å². The second-order valence-electron chi connectivity index (χ2n) is 3.58. The van der Waals surface area contributed by atoms with Crippen molar-refractivity contribution in [1.82, 2.24) is 9.97 Å². The Kier molecular flexibility index (Phi) is 5.61. The molecule has 0 aliphatic heterocycles. The molecule has 0 fully saturated rings. The molecule has 0 saturated heterocycles. The molecule has 1 aromatic rings. The molecule has 6 nitrogen and oxygen atoms in total. The van der Waals surface area contributed by atoms with Crippen molar-refractivity contribution in [2.45, 2.75) is 13.8 Å². The van der Waals surface area contributed by atoms with E-state index in [9.17, 15) is 8.42 Å². The third-order valence-corrected chi connectivity index (χ3v) is 4.21. The molecule has 0 atom stereocenters. The minimum absolute atomic E-state index is 0.0559. The molecule has 0 amide bonds. The highest BCUT2D eigenvalue weighted by atomic mass is 35.5. The van der Waals surface area contributed by atoms with E-state index in [1.54, 1.807) is 6.92 Å². The van der Waals surface area contributed by atoms with Gasteiger partial charge in [-0.25, -0.2) is 13.4 Å². The van der Waals surface area contributed by atoms with Gasteiger partial charge < -0.3 is 10.6 Å². The van der Waals surface area contributed by atoms with Crippen LogP contribution in [0.2, 0.25) is 5.02 Å². The first kappa shape index (κ1) is 15.0. The molecule has 0 unspecified atom stereocenters. The van der Waals surface area contributed by atoms with Gasteiger partial charge in [0.2, 0.25) is 5.95 Å². The Morgan fingerprint density at radius 2 is 2.06 bits per heavy atom. The first-order chi connectivity index (χ1) is 8.48. The number of hydrogen-bond acceptors (Lipinski definition) is 6. The average Bonchev–Trinajstić information content (AvgIpc) is 2.33. The van der Waals surface area contributed by atoms with Gasteiger partial charge in [0.1, 0.15) is 5.02 Å². The van der Waals surface area contributed by atoms with Crippen LogP contribution in [0.5, 0.6) is 0 Å². The van der Waals surface area contributed by atoms with Crippen molar-refractivity contribution in [2.75, 3.05) is 35.2 Å². The molecule has 1 aromatic heterocycles. The highest BCUT2D eigenvalue weighted by molar-refractivity contribution is 7.91. The van der Waals surface area contributed by atoms with E-state index in [1.165, 1.54) is 6.20 Å². The molecule has 1 heterocycles. The quantitative estimate of drug-likeness (QED) is 0.790. The van der Waals surface area contributed by atoms with Gasteiger partial charge in [-0.15, -0.1) is 0 Å². The topological polar surface area (TPSA) is 84.0 Å². The number of hydrogen-bond donors (Lipinski definition) is 2. The number of sulfone groups is 1. The summed E-state index contributed by atoms with van der Waals surface area (Å²) in [7, 11) is -2.99. The molecule has 102 valence electrons. The van der Waals surface area contributed by atoms with Crippen LogP contribution in [0, 0.1) is 0 Å². The maximum atomic E-state index is 11.3. The first-order valence-corrected chi connectivity index (χ1v) is 7.89. The van der Waals surface area contributed by atoms with Crippen LogP contribution in [0.15, 0.2) is 6.20 Å². The minimum atomic E-state index is -2.99. The summed E-state index contributed by atoms with van der Waals surface area (Å²) in [6, 6.07) is 0. The summed E-state index contributed by atoms with van der Waals surface area (Å²) in [5, 5.41) is 6.22. The zero-order valence-corrected chi connectivity index (χ0v) is 12.0. The number of aromatic nitrogens is 2. The first-order valence-electron chi connectivity index (χ1n) is 5.69. The van der Waals surface area contributed by atoms with Crippen molar-refractivity contribution in [3.8, 4) is 0 Å². The summed E-state index contributed by atoms with van der Waals surface area (Å²) in [6.45, 7) is 4.53. The van der Waals surface area contributed by atoms with E-state index in [0.717, 1.165) is 0 Å². The summed E-state index contributed by atoms with van der Waals surface area (Å²) in [5.41, 5.74) is 0. The summed E-state index contributed by atoms with van der Waals surface area (Å²) >= 11 is 5.92. The lowest BCUT2D eigenvalue weighted by atomic mass is 10.5. The molecule has 0 aliphatic rings. The Labute approximate surface area is 112 Å². The van der Waals surface area contributed by atoms with Gasteiger partial charge in [0.05, 0.1) is 11.9 Å². The van der Waals surface area contributed by atoms with Crippen LogP contribution >= 0.6 is 11.6 Å². The van der Waals surface area contributed by atoms with Gasteiger partial charge in [-0.05, 0) is 6.92 Å². The lowest BCUT2D eigenvalue weighted by Crippen LogP contribution is -2.18. The van der Waals surface area contributed by atoms with E-state index in [1.807, 2.05) is 6.92 Å². The van der Waals surface area contributed by atoms with Gasteiger partial charge in [-0.3, -0.25) is 0 Å². The van der Waals surface area contributed by atoms with Gasteiger partial charge in [0, 0.05) is 18.8 Å². The fourth-order valence-corrected chi connectivity index (χ4v) is 2.06. The van der Waals surface area contributed by atoms with Crippen molar-refractivity contribution in [3.05, 3.63) is 11.2 Å².